The minimum absolute atomic E-state index is 0.389. The Kier molecular flexibility index (Phi) is 3.53. The minimum atomic E-state index is -1.65. The molecule has 1 aliphatic carbocycles. The van der Waals surface area contributed by atoms with Crippen LogP contribution in [0.1, 0.15) is 30.0 Å². The molecule has 0 bridgehead atoms. The van der Waals surface area contributed by atoms with E-state index in [1.807, 2.05) is 24.3 Å². The number of anilines is 1. The van der Waals surface area contributed by atoms with E-state index in [9.17, 15) is 17.6 Å². The molecule has 0 radical (unpaired) electrons. The van der Waals surface area contributed by atoms with Crippen LogP contribution < -0.4 is 5.32 Å². The zero-order chi connectivity index (χ0) is 15.0. The molecule has 2 aromatic rings. The summed E-state index contributed by atoms with van der Waals surface area (Å²) in [6, 6.07) is 7.09. The molecule has 6 heteroatoms. The highest BCUT2D eigenvalue weighted by Crippen LogP contribution is 2.34. The zero-order valence-corrected chi connectivity index (χ0v) is 11.0. The standard InChI is InChI=1S/C15H12F4N2/c16-11-13(12(17)15(19)21-14(11)18)20-10-7-3-5-8-4-1-2-6-9(8)10/h1-2,4,6,10H,3,5,7H2,(H,20,21). The van der Waals surface area contributed by atoms with Crippen LogP contribution in [0.4, 0.5) is 23.2 Å². The van der Waals surface area contributed by atoms with Crippen molar-refractivity contribution < 1.29 is 17.6 Å². The second-order valence-electron chi connectivity index (χ2n) is 4.98. The van der Waals surface area contributed by atoms with E-state index in [0.717, 1.165) is 24.0 Å². The summed E-state index contributed by atoms with van der Waals surface area (Å²) < 4.78 is 53.6. The normalized spacial score (nSPS) is 17.4. The SMILES string of the molecule is Fc1nc(F)c(F)c(NC2CCCc3ccccc32)c1F. The lowest BCUT2D eigenvalue weighted by Crippen LogP contribution is -2.19. The molecule has 1 N–H and O–H groups in total. The summed E-state index contributed by atoms with van der Waals surface area (Å²) in [6.07, 6.45) is 2.33. The molecule has 0 saturated heterocycles. The van der Waals surface area contributed by atoms with Crippen molar-refractivity contribution in [3.05, 3.63) is 58.9 Å². The van der Waals surface area contributed by atoms with Crippen molar-refractivity contribution >= 4 is 5.69 Å². The fraction of sp³-hybridized carbons (Fsp3) is 0.267. The molecule has 21 heavy (non-hydrogen) atoms. The van der Waals surface area contributed by atoms with Crippen molar-refractivity contribution in [2.24, 2.45) is 0 Å². The van der Waals surface area contributed by atoms with Crippen molar-refractivity contribution in [1.82, 2.24) is 4.98 Å². The highest BCUT2D eigenvalue weighted by atomic mass is 19.2. The molecular formula is C15H12F4N2. The van der Waals surface area contributed by atoms with Crippen LogP contribution >= 0.6 is 0 Å². The van der Waals surface area contributed by atoms with Crippen molar-refractivity contribution in [2.75, 3.05) is 5.32 Å². The zero-order valence-electron chi connectivity index (χ0n) is 11.0. The summed E-state index contributed by atoms with van der Waals surface area (Å²) in [5.74, 6) is -6.31. The second-order valence-corrected chi connectivity index (χ2v) is 4.98. The van der Waals surface area contributed by atoms with Gasteiger partial charge in [0.15, 0.2) is 0 Å². The number of nitrogens with one attached hydrogen (secondary N) is 1. The van der Waals surface area contributed by atoms with Gasteiger partial charge < -0.3 is 5.32 Å². The number of aromatic nitrogens is 1. The summed E-state index contributed by atoms with van der Waals surface area (Å²) in [5, 5.41) is 2.59. The molecule has 1 heterocycles. The van der Waals surface area contributed by atoms with Gasteiger partial charge in [-0.05, 0) is 30.4 Å². The third-order valence-electron chi connectivity index (χ3n) is 3.69. The second kappa shape index (κ2) is 5.35. The van der Waals surface area contributed by atoms with Gasteiger partial charge in [0.1, 0.15) is 5.69 Å². The molecule has 1 aliphatic rings. The predicted molar refractivity (Wildman–Crippen MR) is 69.8 cm³/mol. The number of aryl methyl sites for hydroxylation is 1. The number of hydrogen-bond acceptors (Lipinski definition) is 2. The third kappa shape index (κ3) is 2.46. The van der Waals surface area contributed by atoms with Crippen LogP contribution in [0.3, 0.4) is 0 Å². The van der Waals surface area contributed by atoms with E-state index in [1.165, 1.54) is 0 Å². The Morgan fingerprint density at radius 2 is 1.67 bits per heavy atom. The molecule has 0 spiro atoms. The average molecular weight is 296 g/mol. The Balaban J connectivity index is 1.99. The fourth-order valence-electron chi connectivity index (χ4n) is 2.69. The van der Waals surface area contributed by atoms with Crippen LogP contribution in [0.2, 0.25) is 0 Å². The lowest BCUT2D eigenvalue weighted by molar-refractivity contribution is 0.408. The molecule has 3 rings (SSSR count). The molecule has 110 valence electrons. The highest BCUT2D eigenvalue weighted by Gasteiger charge is 2.26. The van der Waals surface area contributed by atoms with Gasteiger partial charge in [0.2, 0.25) is 11.6 Å². The van der Waals surface area contributed by atoms with E-state index in [2.05, 4.69) is 10.3 Å². The summed E-state index contributed by atoms with van der Waals surface area (Å²) in [5.41, 5.74) is 1.15. The number of nitrogens with zero attached hydrogens (tertiary/aromatic N) is 1. The minimum Gasteiger partial charge on any atom is -0.373 e. The highest BCUT2D eigenvalue weighted by molar-refractivity contribution is 5.49. The van der Waals surface area contributed by atoms with Gasteiger partial charge in [0.25, 0.3) is 11.9 Å². The number of rotatable bonds is 2. The molecule has 0 aliphatic heterocycles. The van der Waals surface area contributed by atoms with E-state index in [-0.39, 0.29) is 6.04 Å². The molecule has 1 aromatic heterocycles. The first kappa shape index (κ1) is 13.9. The van der Waals surface area contributed by atoms with Gasteiger partial charge in [0, 0.05) is 0 Å². The quantitative estimate of drug-likeness (QED) is 0.666. The molecule has 1 aromatic carbocycles. The van der Waals surface area contributed by atoms with Gasteiger partial charge >= 0.3 is 0 Å². The summed E-state index contributed by atoms with van der Waals surface area (Å²) in [4.78, 5) is 2.55. The maximum absolute atomic E-state index is 13.7. The Morgan fingerprint density at radius 3 is 2.38 bits per heavy atom. The van der Waals surface area contributed by atoms with Crippen molar-refractivity contribution in [3.8, 4) is 0 Å². The molecule has 0 fully saturated rings. The molecule has 0 saturated carbocycles. The third-order valence-corrected chi connectivity index (χ3v) is 3.69. The van der Waals surface area contributed by atoms with Crippen molar-refractivity contribution in [3.63, 3.8) is 0 Å². The van der Waals surface area contributed by atoms with E-state index in [1.54, 1.807) is 0 Å². The largest absolute Gasteiger partial charge is 0.373 e. The first-order valence-corrected chi connectivity index (χ1v) is 6.62. The lowest BCUT2D eigenvalue weighted by atomic mass is 9.87. The maximum Gasteiger partial charge on any atom is 0.253 e. The summed E-state index contributed by atoms with van der Waals surface area (Å²) >= 11 is 0. The van der Waals surface area contributed by atoms with Crippen molar-refractivity contribution in [2.45, 2.75) is 25.3 Å². The fourth-order valence-corrected chi connectivity index (χ4v) is 2.69. The summed E-state index contributed by atoms with van der Waals surface area (Å²) in [6.45, 7) is 0. The Bertz CT molecular complexity index is 661. The first-order valence-electron chi connectivity index (χ1n) is 6.62. The maximum atomic E-state index is 13.7. The van der Waals surface area contributed by atoms with Crippen LogP contribution in [-0.4, -0.2) is 4.98 Å². The topological polar surface area (TPSA) is 24.9 Å². The van der Waals surface area contributed by atoms with Gasteiger partial charge in [-0.3, -0.25) is 0 Å². The van der Waals surface area contributed by atoms with Gasteiger partial charge in [-0.2, -0.15) is 22.5 Å². The lowest BCUT2D eigenvalue weighted by Gasteiger charge is -2.27. The molecule has 1 atom stereocenters. The Morgan fingerprint density at radius 1 is 1.00 bits per heavy atom. The van der Waals surface area contributed by atoms with Gasteiger partial charge in [-0.25, -0.2) is 0 Å². The summed E-state index contributed by atoms with van der Waals surface area (Å²) in [7, 11) is 0. The van der Waals surface area contributed by atoms with Crippen LogP contribution in [0, 0.1) is 23.5 Å². The number of benzene rings is 1. The molecular weight excluding hydrogens is 284 g/mol. The van der Waals surface area contributed by atoms with E-state index in [0.29, 0.717) is 6.42 Å². The number of pyridine rings is 1. The average Bonchev–Trinajstić information content (AvgIpc) is 2.50. The van der Waals surface area contributed by atoms with E-state index in [4.69, 9.17) is 0 Å². The Hall–Kier alpha value is -2.11. The van der Waals surface area contributed by atoms with E-state index < -0.39 is 29.2 Å². The van der Waals surface area contributed by atoms with Crippen LogP contribution in [-0.2, 0) is 6.42 Å². The van der Waals surface area contributed by atoms with Crippen LogP contribution in [0.5, 0.6) is 0 Å². The Labute approximate surface area is 118 Å². The van der Waals surface area contributed by atoms with E-state index >= 15 is 0 Å². The monoisotopic (exact) mass is 296 g/mol. The number of halogens is 4. The molecule has 1 unspecified atom stereocenters. The number of fused-ring (bicyclic) bond motifs is 1. The first-order chi connectivity index (χ1) is 10.1. The van der Waals surface area contributed by atoms with Crippen LogP contribution in [0.15, 0.2) is 24.3 Å². The van der Waals surface area contributed by atoms with Gasteiger partial charge in [-0.15, -0.1) is 0 Å². The van der Waals surface area contributed by atoms with Crippen molar-refractivity contribution in [1.29, 1.82) is 0 Å². The van der Waals surface area contributed by atoms with Gasteiger partial charge in [-0.1, -0.05) is 24.3 Å². The smallest absolute Gasteiger partial charge is 0.253 e. The molecule has 2 nitrogen and oxygen atoms in total. The number of hydrogen-bond donors (Lipinski definition) is 1. The van der Waals surface area contributed by atoms with Gasteiger partial charge in [0.05, 0.1) is 6.04 Å². The predicted octanol–water partition coefficient (Wildman–Crippen LogP) is 4.13. The van der Waals surface area contributed by atoms with Crippen LogP contribution in [0.25, 0.3) is 0 Å². The molecule has 0 amide bonds.